The number of likely N-dealkylation sites (tertiary alicyclic amines) is 1. The molecule has 2 aliphatic heterocycles. The van der Waals surface area contributed by atoms with Crippen LogP contribution in [0.25, 0.3) is 11.1 Å². The Bertz CT molecular complexity index is 1070. The second-order valence-electron chi connectivity index (χ2n) is 8.26. The Labute approximate surface area is 169 Å². The van der Waals surface area contributed by atoms with Crippen LogP contribution in [0.1, 0.15) is 31.4 Å². The molecule has 0 amide bonds. The lowest BCUT2D eigenvalue weighted by atomic mass is 9.98. The summed E-state index contributed by atoms with van der Waals surface area (Å²) in [6.07, 6.45) is 3.09. The number of rotatable bonds is 5. The van der Waals surface area contributed by atoms with E-state index in [0.717, 1.165) is 55.9 Å². The molecule has 0 saturated carbocycles. The zero-order valence-corrected chi connectivity index (χ0v) is 16.7. The number of aromatic nitrogens is 1. The average molecular weight is 394 g/mol. The number of fused-ring (bicyclic) bond motifs is 2. The highest BCUT2D eigenvalue weighted by Gasteiger charge is 2.26. The van der Waals surface area contributed by atoms with Crippen LogP contribution in [0, 0.1) is 5.92 Å². The van der Waals surface area contributed by atoms with Crippen molar-refractivity contribution in [3.63, 3.8) is 0 Å². The molecule has 0 spiro atoms. The molecule has 1 fully saturated rings. The number of oxazole rings is 1. The predicted octanol–water partition coefficient (Wildman–Crippen LogP) is 3.84. The van der Waals surface area contributed by atoms with E-state index in [1.54, 1.807) is 0 Å². The Morgan fingerprint density at radius 3 is 2.93 bits per heavy atom. The highest BCUT2D eigenvalue weighted by atomic mass is 16.7. The molecule has 2 aliphatic rings. The Kier molecular flexibility index (Phi) is 4.79. The lowest BCUT2D eigenvalue weighted by Gasteiger charge is -2.34. The average Bonchev–Trinajstić information content (AvgIpc) is 3.30. The van der Waals surface area contributed by atoms with E-state index >= 15 is 0 Å². The van der Waals surface area contributed by atoms with Gasteiger partial charge in [0.1, 0.15) is 0 Å². The molecular weight excluding hydrogens is 368 g/mol. The molecule has 5 rings (SSSR count). The van der Waals surface area contributed by atoms with E-state index in [2.05, 4.69) is 24.0 Å². The van der Waals surface area contributed by atoms with E-state index in [1.807, 2.05) is 34.9 Å². The van der Waals surface area contributed by atoms with Gasteiger partial charge in [-0.05, 0) is 61.6 Å². The number of piperidine rings is 1. The van der Waals surface area contributed by atoms with E-state index in [0.29, 0.717) is 18.3 Å². The Balaban J connectivity index is 1.26. The summed E-state index contributed by atoms with van der Waals surface area (Å²) < 4.78 is 18.2. The standard InChI is InChI=1S/C23H26N2O4/c1-16(11-17-8-9-21-22(12-17)28-15-27-21)13-24-10-4-5-18(14-24)25-19-6-2-3-7-20(19)29-23(25)26/h2-3,6-9,12,16,18H,4-5,10-11,13-15H2,1H3/t16-,18-/m0/s1. The first-order chi connectivity index (χ1) is 14.2. The number of hydrogen-bond donors (Lipinski definition) is 0. The number of ether oxygens (including phenoxy) is 2. The minimum absolute atomic E-state index is 0.164. The molecule has 3 heterocycles. The predicted molar refractivity (Wildman–Crippen MR) is 111 cm³/mol. The largest absolute Gasteiger partial charge is 0.454 e. The highest BCUT2D eigenvalue weighted by Crippen LogP contribution is 2.33. The Morgan fingerprint density at radius 1 is 1.14 bits per heavy atom. The maximum atomic E-state index is 12.5. The summed E-state index contributed by atoms with van der Waals surface area (Å²) in [5.41, 5.74) is 2.84. The van der Waals surface area contributed by atoms with Gasteiger partial charge in [0.2, 0.25) is 6.79 Å². The molecule has 0 bridgehead atoms. The van der Waals surface area contributed by atoms with Gasteiger partial charge in [-0.15, -0.1) is 0 Å². The molecule has 0 N–H and O–H groups in total. The second kappa shape index (κ2) is 7.59. The van der Waals surface area contributed by atoms with Gasteiger partial charge in [-0.2, -0.15) is 0 Å². The molecule has 1 saturated heterocycles. The zero-order valence-electron chi connectivity index (χ0n) is 16.7. The molecule has 3 aromatic rings. The van der Waals surface area contributed by atoms with E-state index in [1.165, 1.54) is 5.56 Å². The van der Waals surface area contributed by atoms with Crippen LogP contribution >= 0.6 is 0 Å². The van der Waals surface area contributed by atoms with Crippen molar-refractivity contribution in [1.29, 1.82) is 0 Å². The highest BCUT2D eigenvalue weighted by molar-refractivity contribution is 5.72. The van der Waals surface area contributed by atoms with Crippen LogP contribution in [-0.2, 0) is 6.42 Å². The lowest BCUT2D eigenvalue weighted by molar-refractivity contribution is 0.155. The minimum atomic E-state index is -0.244. The number of para-hydroxylation sites is 2. The van der Waals surface area contributed by atoms with Crippen molar-refractivity contribution in [3.8, 4) is 11.5 Å². The van der Waals surface area contributed by atoms with Crippen molar-refractivity contribution < 1.29 is 13.9 Å². The minimum Gasteiger partial charge on any atom is -0.454 e. The van der Waals surface area contributed by atoms with Gasteiger partial charge >= 0.3 is 5.76 Å². The zero-order chi connectivity index (χ0) is 19.8. The van der Waals surface area contributed by atoms with Gasteiger partial charge in [0, 0.05) is 13.1 Å². The number of nitrogens with zero attached hydrogens (tertiary/aromatic N) is 2. The summed E-state index contributed by atoms with van der Waals surface area (Å²) in [4.78, 5) is 14.9. The summed E-state index contributed by atoms with van der Waals surface area (Å²) in [6.45, 7) is 5.57. The molecule has 0 unspecified atom stereocenters. The van der Waals surface area contributed by atoms with Crippen molar-refractivity contribution in [1.82, 2.24) is 9.47 Å². The molecule has 6 nitrogen and oxygen atoms in total. The van der Waals surface area contributed by atoms with Gasteiger partial charge in [-0.3, -0.25) is 4.57 Å². The molecular formula is C23H26N2O4. The number of hydrogen-bond acceptors (Lipinski definition) is 5. The van der Waals surface area contributed by atoms with Crippen molar-refractivity contribution in [2.75, 3.05) is 26.4 Å². The third-order valence-corrected chi connectivity index (χ3v) is 5.96. The molecule has 152 valence electrons. The molecule has 0 aliphatic carbocycles. The summed E-state index contributed by atoms with van der Waals surface area (Å²) in [5, 5.41) is 0. The van der Waals surface area contributed by atoms with Gasteiger partial charge < -0.3 is 18.8 Å². The third kappa shape index (κ3) is 3.65. The third-order valence-electron chi connectivity index (χ3n) is 5.96. The maximum absolute atomic E-state index is 12.5. The van der Waals surface area contributed by atoms with Gasteiger partial charge in [0.15, 0.2) is 17.1 Å². The van der Waals surface area contributed by atoms with Crippen LogP contribution in [0.3, 0.4) is 0 Å². The molecule has 0 radical (unpaired) electrons. The van der Waals surface area contributed by atoms with Gasteiger partial charge in [0.05, 0.1) is 11.6 Å². The van der Waals surface area contributed by atoms with Crippen LogP contribution < -0.4 is 15.2 Å². The first-order valence-corrected chi connectivity index (χ1v) is 10.4. The van der Waals surface area contributed by atoms with Crippen LogP contribution in [0.5, 0.6) is 11.5 Å². The summed E-state index contributed by atoms with van der Waals surface area (Å²) in [6, 6.07) is 14.1. The van der Waals surface area contributed by atoms with E-state index < -0.39 is 0 Å². The van der Waals surface area contributed by atoms with E-state index in [9.17, 15) is 4.79 Å². The van der Waals surface area contributed by atoms with E-state index in [-0.39, 0.29) is 11.8 Å². The van der Waals surface area contributed by atoms with E-state index in [4.69, 9.17) is 13.9 Å². The Hall–Kier alpha value is -2.73. The summed E-state index contributed by atoms with van der Waals surface area (Å²) >= 11 is 0. The maximum Gasteiger partial charge on any atom is 0.420 e. The molecule has 29 heavy (non-hydrogen) atoms. The second-order valence-corrected chi connectivity index (χ2v) is 8.26. The van der Waals surface area contributed by atoms with Crippen molar-refractivity contribution >= 4 is 11.1 Å². The smallest absolute Gasteiger partial charge is 0.420 e. The number of benzene rings is 2. The fourth-order valence-electron chi connectivity index (χ4n) is 4.71. The monoisotopic (exact) mass is 394 g/mol. The fourth-order valence-corrected chi connectivity index (χ4v) is 4.71. The normalized spacial score (nSPS) is 20.2. The van der Waals surface area contributed by atoms with Crippen molar-refractivity contribution in [2.45, 2.75) is 32.2 Å². The van der Waals surface area contributed by atoms with Crippen LogP contribution in [0.2, 0.25) is 0 Å². The van der Waals surface area contributed by atoms with Gasteiger partial charge in [-0.1, -0.05) is 25.1 Å². The van der Waals surface area contributed by atoms with Gasteiger partial charge in [-0.25, -0.2) is 4.79 Å². The molecule has 1 aromatic heterocycles. The van der Waals surface area contributed by atoms with Crippen molar-refractivity contribution in [2.24, 2.45) is 5.92 Å². The lowest BCUT2D eigenvalue weighted by Crippen LogP contribution is -2.41. The molecule has 6 heteroatoms. The van der Waals surface area contributed by atoms with Crippen LogP contribution in [-0.4, -0.2) is 35.9 Å². The molecule has 2 aromatic carbocycles. The van der Waals surface area contributed by atoms with Crippen molar-refractivity contribution in [3.05, 3.63) is 58.6 Å². The van der Waals surface area contributed by atoms with Crippen LogP contribution in [0.4, 0.5) is 0 Å². The molecule has 2 atom stereocenters. The van der Waals surface area contributed by atoms with Crippen LogP contribution in [0.15, 0.2) is 51.7 Å². The fraction of sp³-hybridized carbons (Fsp3) is 0.435. The quantitative estimate of drug-likeness (QED) is 0.658. The summed E-state index contributed by atoms with van der Waals surface area (Å²) in [7, 11) is 0. The summed E-state index contributed by atoms with van der Waals surface area (Å²) in [5.74, 6) is 1.94. The first-order valence-electron chi connectivity index (χ1n) is 10.4. The van der Waals surface area contributed by atoms with Gasteiger partial charge in [0.25, 0.3) is 0 Å². The topological polar surface area (TPSA) is 56.8 Å². The first kappa shape index (κ1) is 18.3. The Morgan fingerprint density at radius 2 is 2.00 bits per heavy atom. The SMILES string of the molecule is C[C@@H](Cc1ccc2c(c1)OCO2)CN1CCC[C@H](n2c(=O)oc3ccccc32)C1.